The Morgan fingerprint density at radius 3 is 2.56 bits per heavy atom. The molecule has 2 N–H and O–H groups in total. The second-order valence-corrected chi connectivity index (χ2v) is 11.9. The van der Waals surface area contributed by atoms with Crippen molar-refractivity contribution in [3.63, 3.8) is 0 Å². The molecule has 0 aliphatic carbocycles. The average molecular weight is 591 g/mol. The number of benzene rings is 2. The van der Waals surface area contributed by atoms with Crippen LogP contribution in [0.3, 0.4) is 0 Å². The number of nitrogens with zero attached hydrogens (tertiary/aromatic N) is 5. The van der Waals surface area contributed by atoms with Crippen LogP contribution in [-0.4, -0.2) is 45.8 Å². The summed E-state index contributed by atoms with van der Waals surface area (Å²) in [5.74, 6) is -0.217. The number of aromatic nitrogens is 4. The molecule has 5 rings (SSSR count). The molecular formula is C26H25Cl2FN6O3S. The number of pyridine rings is 1. The van der Waals surface area contributed by atoms with Crippen molar-refractivity contribution in [2.75, 3.05) is 18.8 Å². The summed E-state index contributed by atoms with van der Waals surface area (Å²) >= 11 is 12.4. The molecule has 0 amide bonds. The minimum atomic E-state index is -3.54. The molecule has 0 bridgehead atoms. The molecular weight excluding hydrogens is 566 g/mol. The van der Waals surface area contributed by atoms with Crippen molar-refractivity contribution in [1.82, 2.24) is 24.3 Å². The van der Waals surface area contributed by atoms with Crippen LogP contribution in [0.25, 0.3) is 11.3 Å². The van der Waals surface area contributed by atoms with Gasteiger partial charge in [-0.1, -0.05) is 46.6 Å². The third-order valence-corrected chi connectivity index (χ3v) is 9.28. The SMILES string of the molecule is CC(Oc1cc(-c2cn(C3CCN(S(=O)(=O)c4ccccc4)CC3)nn2)cnc1N)c1c(Cl)ccc(F)c1Cl. The lowest BCUT2D eigenvalue weighted by Crippen LogP contribution is -2.39. The molecule has 1 saturated heterocycles. The minimum absolute atomic E-state index is 0.0109. The summed E-state index contributed by atoms with van der Waals surface area (Å²) < 4.78 is 49.1. The van der Waals surface area contributed by atoms with E-state index in [-0.39, 0.29) is 32.5 Å². The van der Waals surface area contributed by atoms with Crippen LogP contribution < -0.4 is 10.5 Å². The number of rotatable bonds is 7. The van der Waals surface area contributed by atoms with Crippen LogP contribution >= 0.6 is 23.2 Å². The van der Waals surface area contributed by atoms with Gasteiger partial charge in [0.2, 0.25) is 10.0 Å². The van der Waals surface area contributed by atoms with Gasteiger partial charge >= 0.3 is 0 Å². The molecule has 13 heteroatoms. The Bertz CT molecular complexity index is 1590. The lowest BCUT2D eigenvalue weighted by atomic mass is 10.1. The van der Waals surface area contributed by atoms with Gasteiger partial charge in [0.1, 0.15) is 17.6 Å². The van der Waals surface area contributed by atoms with E-state index in [4.69, 9.17) is 33.7 Å². The van der Waals surface area contributed by atoms with E-state index in [9.17, 15) is 12.8 Å². The first-order chi connectivity index (χ1) is 18.6. The number of hydrogen-bond acceptors (Lipinski definition) is 7. The largest absolute Gasteiger partial charge is 0.482 e. The fourth-order valence-corrected chi connectivity index (χ4v) is 6.70. The molecule has 1 aliphatic heterocycles. The van der Waals surface area contributed by atoms with Crippen LogP contribution in [0.15, 0.2) is 65.8 Å². The van der Waals surface area contributed by atoms with E-state index in [1.165, 1.54) is 16.4 Å². The average Bonchev–Trinajstić information content (AvgIpc) is 3.43. The summed E-state index contributed by atoms with van der Waals surface area (Å²) in [6.45, 7) is 2.43. The number of nitrogens with two attached hydrogens (primary N) is 1. The fraction of sp³-hybridized carbons (Fsp3) is 0.269. The van der Waals surface area contributed by atoms with Gasteiger partial charge < -0.3 is 10.5 Å². The molecule has 0 spiro atoms. The Labute approximate surface area is 235 Å². The first-order valence-electron chi connectivity index (χ1n) is 12.2. The number of ether oxygens (including phenoxy) is 1. The highest BCUT2D eigenvalue weighted by molar-refractivity contribution is 7.89. The van der Waals surface area contributed by atoms with E-state index in [2.05, 4.69) is 15.3 Å². The molecule has 2 aromatic carbocycles. The second-order valence-electron chi connectivity index (χ2n) is 9.16. The van der Waals surface area contributed by atoms with E-state index in [0.717, 1.165) is 0 Å². The lowest BCUT2D eigenvalue weighted by molar-refractivity contribution is 0.227. The Kier molecular flexibility index (Phi) is 7.77. The van der Waals surface area contributed by atoms with Gasteiger partial charge in [0.05, 0.1) is 22.2 Å². The number of sulfonamides is 1. The van der Waals surface area contributed by atoms with Gasteiger partial charge in [0.25, 0.3) is 0 Å². The normalized spacial score (nSPS) is 15.8. The smallest absolute Gasteiger partial charge is 0.243 e. The van der Waals surface area contributed by atoms with E-state index >= 15 is 0 Å². The van der Waals surface area contributed by atoms with Gasteiger partial charge in [0, 0.05) is 35.4 Å². The van der Waals surface area contributed by atoms with Crippen molar-refractivity contribution < 1.29 is 17.5 Å². The number of nitrogen functional groups attached to an aromatic ring is 1. The first kappa shape index (κ1) is 27.3. The number of hydrogen-bond donors (Lipinski definition) is 1. The molecule has 1 fully saturated rings. The summed E-state index contributed by atoms with van der Waals surface area (Å²) in [6.07, 6.45) is 3.81. The highest BCUT2D eigenvalue weighted by Gasteiger charge is 2.30. The van der Waals surface area contributed by atoms with Gasteiger partial charge in [0.15, 0.2) is 11.6 Å². The van der Waals surface area contributed by atoms with Crippen molar-refractivity contribution in [3.8, 4) is 17.0 Å². The number of halogens is 3. The van der Waals surface area contributed by atoms with Crippen molar-refractivity contribution >= 4 is 39.0 Å². The van der Waals surface area contributed by atoms with E-state index < -0.39 is 21.9 Å². The molecule has 4 aromatic rings. The first-order valence-corrected chi connectivity index (χ1v) is 14.4. The zero-order chi connectivity index (χ0) is 27.7. The third-order valence-electron chi connectivity index (χ3n) is 6.66. The maximum absolute atomic E-state index is 14.0. The summed E-state index contributed by atoms with van der Waals surface area (Å²) in [5.41, 5.74) is 7.49. The summed E-state index contributed by atoms with van der Waals surface area (Å²) in [6, 6.07) is 12.7. The van der Waals surface area contributed by atoms with Gasteiger partial charge in [-0.2, -0.15) is 4.31 Å². The van der Waals surface area contributed by atoms with Gasteiger partial charge in [-0.3, -0.25) is 0 Å². The third kappa shape index (κ3) is 5.58. The molecule has 2 aromatic heterocycles. The Morgan fingerprint density at radius 2 is 1.85 bits per heavy atom. The monoisotopic (exact) mass is 590 g/mol. The number of piperidine rings is 1. The summed E-state index contributed by atoms with van der Waals surface area (Å²) in [5, 5.41) is 8.70. The van der Waals surface area contributed by atoms with Crippen LogP contribution in [0.1, 0.15) is 37.5 Å². The summed E-state index contributed by atoms with van der Waals surface area (Å²) in [4.78, 5) is 4.50. The molecule has 1 aliphatic rings. The summed E-state index contributed by atoms with van der Waals surface area (Å²) in [7, 11) is -3.54. The molecule has 1 unspecified atom stereocenters. The Balaban J connectivity index is 1.29. The van der Waals surface area contributed by atoms with Crippen molar-refractivity contribution in [3.05, 3.63) is 82.4 Å². The van der Waals surface area contributed by atoms with Crippen LogP contribution in [0, 0.1) is 5.82 Å². The van der Waals surface area contributed by atoms with Crippen molar-refractivity contribution in [2.24, 2.45) is 0 Å². The van der Waals surface area contributed by atoms with Crippen LogP contribution in [-0.2, 0) is 10.0 Å². The molecule has 0 radical (unpaired) electrons. The lowest BCUT2D eigenvalue weighted by Gasteiger charge is -2.31. The van der Waals surface area contributed by atoms with Gasteiger partial charge in [-0.05, 0) is 50.1 Å². The van der Waals surface area contributed by atoms with Crippen LogP contribution in [0.4, 0.5) is 10.2 Å². The predicted octanol–water partition coefficient (Wildman–Crippen LogP) is 5.53. The quantitative estimate of drug-likeness (QED) is 0.281. The van der Waals surface area contributed by atoms with Crippen molar-refractivity contribution in [1.29, 1.82) is 0 Å². The van der Waals surface area contributed by atoms with E-state index in [1.807, 2.05) is 0 Å². The molecule has 1 atom stereocenters. The molecule has 0 saturated carbocycles. The highest BCUT2D eigenvalue weighted by Crippen LogP contribution is 2.37. The topological polar surface area (TPSA) is 116 Å². The van der Waals surface area contributed by atoms with Gasteiger partial charge in [-0.15, -0.1) is 5.10 Å². The molecule has 39 heavy (non-hydrogen) atoms. The molecule has 204 valence electrons. The van der Waals surface area contributed by atoms with Gasteiger partial charge in [-0.25, -0.2) is 22.5 Å². The fourth-order valence-electron chi connectivity index (χ4n) is 4.53. The highest BCUT2D eigenvalue weighted by atomic mass is 35.5. The standard InChI is InChI=1S/C26H25Cl2FN6O3S/c1-16(24-20(27)7-8-21(29)25(24)28)38-23-13-17(14-31-26(23)30)22-15-35(33-32-22)18-9-11-34(12-10-18)39(36,37)19-5-3-2-4-6-19/h2-8,13-16,18H,9-12H2,1H3,(H2,30,31). The molecule has 3 heterocycles. The van der Waals surface area contributed by atoms with Crippen LogP contribution in [0.5, 0.6) is 5.75 Å². The van der Waals surface area contributed by atoms with Crippen molar-refractivity contribution in [2.45, 2.75) is 36.8 Å². The maximum Gasteiger partial charge on any atom is 0.243 e. The van der Waals surface area contributed by atoms with Crippen LogP contribution in [0.2, 0.25) is 10.0 Å². The number of anilines is 1. The van der Waals surface area contributed by atoms with E-state index in [0.29, 0.717) is 42.8 Å². The zero-order valence-corrected chi connectivity index (χ0v) is 23.2. The Morgan fingerprint density at radius 1 is 1.13 bits per heavy atom. The Hall–Kier alpha value is -3.25. The predicted molar refractivity (Wildman–Crippen MR) is 147 cm³/mol. The maximum atomic E-state index is 14.0. The molecule has 9 nitrogen and oxygen atoms in total. The second kappa shape index (κ2) is 11.1. The minimum Gasteiger partial charge on any atom is -0.482 e. The van der Waals surface area contributed by atoms with E-state index in [1.54, 1.807) is 60.4 Å². The zero-order valence-electron chi connectivity index (χ0n) is 20.8.